The number of benzene rings is 1. The first-order valence-electron chi connectivity index (χ1n) is 4.69. The van der Waals surface area contributed by atoms with Crippen molar-refractivity contribution >= 4 is 17.3 Å². The van der Waals surface area contributed by atoms with Crippen LogP contribution in [0.5, 0.6) is 11.5 Å². The summed E-state index contributed by atoms with van der Waals surface area (Å²) in [7, 11) is 0. The third-order valence-electron chi connectivity index (χ3n) is 1.99. The van der Waals surface area contributed by atoms with E-state index in [1.807, 2.05) is 6.07 Å². The summed E-state index contributed by atoms with van der Waals surface area (Å²) < 4.78 is 5.45. The number of carboxylic acids is 1. The van der Waals surface area contributed by atoms with Gasteiger partial charge in [-0.15, -0.1) is 11.3 Å². The molecule has 17 heavy (non-hydrogen) atoms. The summed E-state index contributed by atoms with van der Waals surface area (Å²) in [5.74, 6) is -0.00287. The highest BCUT2D eigenvalue weighted by molar-refractivity contribution is 7.12. The van der Waals surface area contributed by atoms with Gasteiger partial charge in [0.2, 0.25) is 0 Å². The van der Waals surface area contributed by atoms with E-state index in [1.54, 1.807) is 29.6 Å². The van der Waals surface area contributed by atoms with Crippen LogP contribution in [0, 0.1) is 11.3 Å². The predicted octanol–water partition coefficient (Wildman–Crippen LogP) is 3.11. The summed E-state index contributed by atoms with van der Waals surface area (Å²) in [4.78, 5) is 10.9. The van der Waals surface area contributed by atoms with Crippen LogP contribution in [0.15, 0.2) is 35.7 Å². The van der Waals surface area contributed by atoms with E-state index >= 15 is 0 Å². The van der Waals surface area contributed by atoms with Crippen molar-refractivity contribution in [2.24, 2.45) is 0 Å². The minimum absolute atomic E-state index is 0.219. The monoisotopic (exact) mass is 245 g/mol. The second kappa shape index (κ2) is 4.68. The van der Waals surface area contributed by atoms with Crippen LogP contribution in [0.3, 0.4) is 0 Å². The number of hydrogen-bond acceptors (Lipinski definition) is 4. The van der Waals surface area contributed by atoms with Gasteiger partial charge in [-0.25, -0.2) is 4.79 Å². The lowest BCUT2D eigenvalue weighted by Crippen LogP contribution is -1.90. The minimum atomic E-state index is -0.976. The Kier molecular flexibility index (Phi) is 3.08. The van der Waals surface area contributed by atoms with Gasteiger partial charge in [-0.2, -0.15) is 5.26 Å². The van der Waals surface area contributed by atoms with Gasteiger partial charge in [0.05, 0.1) is 11.6 Å². The molecule has 2 rings (SSSR count). The van der Waals surface area contributed by atoms with Gasteiger partial charge < -0.3 is 9.84 Å². The van der Waals surface area contributed by atoms with Crippen LogP contribution < -0.4 is 4.74 Å². The topological polar surface area (TPSA) is 70.3 Å². The van der Waals surface area contributed by atoms with Gasteiger partial charge in [0.15, 0.2) is 0 Å². The Morgan fingerprint density at radius 2 is 2.18 bits per heavy atom. The van der Waals surface area contributed by atoms with E-state index in [-0.39, 0.29) is 4.88 Å². The number of carbonyl (C=O) groups is 1. The number of ether oxygens (including phenoxy) is 1. The van der Waals surface area contributed by atoms with Crippen molar-refractivity contribution in [3.63, 3.8) is 0 Å². The molecule has 1 N–H and O–H groups in total. The van der Waals surface area contributed by atoms with E-state index in [1.165, 1.54) is 6.07 Å². The molecule has 1 aromatic heterocycles. The Morgan fingerprint density at radius 1 is 1.35 bits per heavy atom. The van der Waals surface area contributed by atoms with Crippen LogP contribution in [0.1, 0.15) is 15.2 Å². The fraction of sp³-hybridized carbons (Fsp3) is 0. The molecular weight excluding hydrogens is 238 g/mol. The lowest BCUT2D eigenvalue weighted by Gasteiger charge is -2.02. The van der Waals surface area contributed by atoms with Gasteiger partial charge in [-0.05, 0) is 18.2 Å². The molecule has 0 aliphatic rings. The number of aromatic carboxylic acids is 1. The number of nitriles is 1. The van der Waals surface area contributed by atoms with Crippen molar-refractivity contribution in [3.05, 3.63) is 46.2 Å². The van der Waals surface area contributed by atoms with E-state index in [4.69, 9.17) is 15.1 Å². The Morgan fingerprint density at radius 3 is 2.82 bits per heavy atom. The zero-order chi connectivity index (χ0) is 12.3. The van der Waals surface area contributed by atoms with E-state index in [9.17, 15) is 4.79 Å². The van der Waals surface area contributed by atoms with Crippen molar-refractivity contribution in [3.8, 4) is 17.6 Å². The average molecular weight is 245 g/mol. The Labute approximate surface area is 101 Å². The number of rotatable bonds is 3. The van der Waals surface area contributed by atoms with Gasteiger partial charge in [0.1, 0.15) is 16.4 Å². The van der Waals surface area contributed by atoms with Crippen LogP contribution in [-0.2, 0) is 0 Å². The number of carboxylic acid groups (broad SMARTS) is 1. The van der Waals surface area contributed by atoms with E-state index in [2.05, 4.69) is 0 Å². The van der Waals surface area contributed by atoms with Crippen LogP contribution in [0.4, 0.5) is 0 Å². The van der Waals surface area contributed by atoms with Crippen molar-refractivity contribution in [2.45, 2.75) is 0 Å². The van der Waals surface area contributed by atoms with Gasteiger partial charge in [-0.3, -0.25) is 0 Å². The molecule has 0 fully saturated rings. The normalized spacial score (nSPS) is 9.59. The average Bonchev–Trinajstić information content (AvgIpc) is 2.78. The zero-order valence-electron chi connectivity index (χ0n) is 8.58. The second-order valence-corrected chi connectivity index (χ2v) is 4.10. The SMILES string of the molecule is N#Cc1cccc(Oc2csc(C(=O)O)c2)c1. The Bertz CT molecular complexity index is 598. The van der Waals surface area contributed by atoms with Crippen molar-refractivity contribution in [2.75, 3.05) is 0 Å². The molecular formula is C12H7NO3S. The summed E-state index contributed by atoms with van der Waals surface area (Å²) in [6.07, 6.45) is 0. The third kappa shape index (κ3) is 2.62. The smallest absolute Gasteiger partial charge is 0.346 e. The van der Waals surface area contributed by atoms with Gasteiger partial charge in [0, 0.05) is 11.4 Å². The lowest BCUT2D eigenvalue weighted by molar-refractivity contribution is 0.0702. The van der Waals surface area contributed by atoms with Gasteiger partial charge >= 0.3 is 5.97 Å². The largest absolute Gasteiger partial charge is 0.477 e. The van der Waals surface area contributed by atoms with Crippen LogP contribution in [0.25, 0.3) is 0 Å². The quantitative estimate of drug-likeness (QED) is 0.901. The van der Waals surface area contributed by atoms with Crippen LogP contribution >= 0.6 is 11.3 Å². The molecule has 1 heterocycles. The molecule has 4 nitrogen and oxygen atoms in total. The molecule has 1 aromatic carbocycles. The first-order chi connectivity index (χ1) is 8.19. The molecule has 84 valence electrons. The van der Waals surface area contributed by atoms with E-state index < -0.39 is 5.97 Å². The maximum absolute atomic E-state index is 10.7. The number of hydrogen-bond donors (Lipinski definition) is 1. The molecule has 0 saturated heterocycles. The zero-order valence-corrected chi connectivity index (χ0v) is 9.40. The van der Waals surface area contributed by atoms with Crippen LogP contribution in [-0.4, -0.2) is 11.1 Å². The summed E-state index contributed by atoms with van der Waals surface area (Å²) in [5, 5.41) is 19.1. The maximum Gasteiger partial charge on any atom is 0.346 e. The fourth-order valence-electron chi connectivity index (χ4n) is 1.25. The Hall–Kier alpha value is -2.32. The van der Waals surface area contributed by atoms with Crippen molar-refractivity contribution < 1.29 is 14.6 Å². The third-order valence-corrected chi connectivity index (χ3v) is 2.88. The predicted molar refractivity (Wildman–Crippen MR) is 62.5 cm³/mol. The van der Waals surface area contributed by atoms with Crippen molar-refractivity contribution in [1.29, 1.82) is 5.26 Å². The highest BCUT2D eigenvalue weighted by Crippen LogP contribution is 2.27. The van der Waals surface area contributed by atoms with Gasteiger partial charge in [-0.1, -0.05) is 6.07 Å². The molecule has 0 saturated carbocycles. The Balaban J connectivity index is 2.19. The maximum atomic E-state index is 10.7. The molecule has 0 unspecified atom stereocenters. The molecule has 0 atom stereocenters. The highest BCUT2D eigenvalue weighted by atomic mass is 32.1. The first kappa shape index (κ1) is 11.2. The van der Waals surface area contributed by atoms with Gasteiger partial charge in [0.25, 0.3) is 0 Å². The first-order valence-corrected chi connectivity index (χ1v) is 5.57. The molecule has 2 aromatic rings. The lowest BCUT2D eigenvalue weighted by atomic mass is 10.2. The summed E-state index contributed by atoms with van der Waals surface area (Å²) in [5.41, 5.74) is 0.496. The van der Waals surface area contributed by atoms with E-state index in [0.717, 1.165) is 11.3 Å². The highest BCUT2D eigenvalue weighted by Gasteiger charge is 2.08. The molecule has 0 aliphatic heterocycles. The summed E-state index contributed by atoms with van der Waals surface area (Å²) in [6, 6.07) is 10.1. The molecule has 5 heteroatoms. The fourth-order valence-corrected chi connectivity index (χ4v) is 1.89. The summed E-state index contributed by atoms with van der Waals surface area (Å²) >= 11 is 1.10. The molecule has 0 amide bonds. The second-order valence-electron chi connectivity index (χ2n) is 3.19. The van der Waals surface area contributed by atoms with Crippen molar-refractivity contribution in [1.82, 2.24) is 0 Å². The van der Waals surface area contributed by atoms with Crippen LogP contribution in [0.2, 0.25) is 0 Å². The molecule has 0 spiro atoms. The van der Waals surface area contributed by atoms with E-state index in [0.29, 0.717) is 17.1 Å². The molecule has 0 radical (unpaired) electrons. The number of nitrogens with zero attached hydrogens (tertiary/aromatic N) is 1. The minimum Gasteiger partial charge on any atom is -0.477 e. The standard InChI is InChI=1S/C12H7NO3S/c13-6-8-2-1-3-9(4-8)16-10-5-11(12(14)15)17-7-10/h1-5,7H,(H,14,15). The number of thiophene rings is 1. The molecule has 0 aliphatic carbocycles. The summed E-state index contributed by atoms with van der Waals surface area (Å²) in [6.45, 7) is 0. The molecule has 0 bridgehead atoms.